The first-order chi connectivity index (χ1) is 14.1. The van der Waals surface area contributed by atoms with Crippen LogP contribution in [0, 0.1) is 0 Å². The molecule has 5 rings (SSSR count). The Morgan fingerprint density at radius 3 is 1.41 bits per heavy atom. The van der Waals surface area contributed by atoms with Gasteiger partial charge in [-0.05, 0) is 22.9 Å². The predicted octanol–water partition coefficient (Wildman–Crippen LogP) is 2.98. The molecule has 0 bridgehead atoms. The van der Waals surface area contributed by atoms with Crippen molar-refractivity contribution < 1.29 is 0 Å². The molecule has 0 spiro atoms. The summed E-state index contributed by atoms with van der Waals surface area (Å²) in [5.41, 5.74) is -1.42. The topological polar surface area (TPSA) is 76.9 Å². The molecule has 0 aliphatic carbocycles. The summed E-state index contributed by atoms with van der Waals surface area (Å²) >= 11 is 0. The number of nitrogens with one attached hydrogen (secondary N) is 1. The van der Waals surface area contributed by atoms with Crippen molar-refractivity contribution in [3.05, 3.63) is 116 Å². The smallest absolute Gasteiger partial charge is 0.258 e. The van der Waals surface area contributed by atoms with Gasteiger partial charge in [0.1, 0.15) is 0 Å². The minimum Gasteiger partial charge on any atom is -0.258 e. The summed E-state index contributed by atoms with van der Waals surface area (Å²) < 4.78 is 2.01. The summed E-state index contributed by atoms with van der Waals surface area (Å²) in [5.74, 6) is 0. The Morgan fingerprint density at radius 2 is 0.931 bits per heavy atom. The molecule has 0 aliphatic heterocycles. The average molecular weight is 381 g/mol. The number of rotatable bonds is 2. The lowest BCUT2D eigenvalue weighted by molar-refractivity contribution is 0.719. The van der Waals surface area contributed by atoms with E-state index in [0.29, 0.717) is 11.4 Å². The van der Waals surface area contributed by atoms with Crippen LogP contribution in [0.3, 0.4) is 0 Å². The fraction of sp³-hybridized carbons (Fsp3) is 0. The van der Waals surface area contributed by atoms with Gasteiger partial charge in [-0.25, -0.2) is 23.5 Å². The van der Waals surface area contributed by atoms with E-state index in [1.807, 2.05) is 60.7 Å². The maximum Gasteiger partial charge on any atom is 0.345 e. The molecule has 6 heteroatoms. The standard InChI is InChI=1S/C23H15N3O3/c27-21-24-22(28)26(20-14-6-10-16-8-2-4-12-18(16)20)23(29)25(21)19-13-5-9-15-7-1-3-11-17(15)19/h1-14H,(H,24,27,28). The summed E-state index contributed by atoms with van der Waals surface area (Å²) in [5, 5.41) is 3.26. The van der Waals surface area contributed by atoms with Crippen molar-refractivity contribution >= 4 is 21.5 Å². The molecule has 6 nitrogen and oxygen atoms in total. The summed E-state index contributed by atoms with van der Waals surface area (Å²) in [4.78, 5) is 41.0. The van der Waals surface area contributed by atoms with Crippen molar-refractivity contribution in [1.82, 2.24) is 14.1 Å². The molecule has 1 N–H and O–H groups in total. The highest BCUT2D eigenvalue weighted by atomic mass is 16.2. The lowest BCUT2D eigenvalue weighted by Crippen LogP contribution is -2.48. The molecule has 0 saturated carbocycles. The van der Waals surface area contributed by atoms with Crippen LogP contribution in [0.2, 0.25) is 0 Å². The summed E-state index contributed by atoms with van der Waals surface area (Å²) in [6.45, 7) is 0. The molecule has 0 radical (unpaired) electrons. The van der Waals surface area contributed by atoms with Crippen molar-refractivity contribution in [3.8, 4) is 11.4 Å². The molecule has 5 aromatic rings. The van der Waals surface area contributed by atoms with E-state index in [2.05, 4.69) is 4.98 Å². The molecule has 0 amide bonds. The second-order valence-electron chi connectivity index (χ2n) is 6.69. The third kappa shape index (κ3) is 2.62. The van der Waals surface area contributed by atoms with Gasteiger partial charge in [0.2, 0.25) is 0 Å². The summed E-state index contributed by atoms with van der Waals surface area (Å²) in [7, 11) is 0. The number of H-pyrrole nitrogens is 1. The molecule has 0 fully saturated rings. The first-order valence-corrected chi connectivity index (χ1v) is 9.10. The molecular formula is C23H15N3O3. The van der Waals surface area contributed by atoms with Crippen molar-refractivity contribution in [1.29, 1.82) is 0 Å². The molecule has 0 unspecified atom stereocenters. The number of hydrogen-bond donors (Lipinski definition) is 1. The van der Waals surface area contributed by atoms with Crippen molar-refractivity contribution in [3.63, 3.8) is 0 Å². The second-order valence-corrected chi connectivity index (χ2v) is 6.69. The number of aromatic nitrogens is 3. The zero-order chi connectivity index (χ0) is 20.0. The molecule has 1 heterocycles. The lowest BCUT2D eigenvalue weighted by atomic mass is 10.1. The van der Waals surface area contributed by atoms with Gasteiger partial charge < -0.3 is 0 Å². The molecule has 29 heavy (non-hydrogen) atoms. The van der Waals surface area contributed by atoms with E-state index in [0.717, 1.165) is 30.7 Å². The summed E-state index contributed by atoms with van der Waals surface area (Å²) in [6, 6.07) is 25.7. The van der Waals surface area contributed by atoms with E-state index in [1.165, 1.54) is 0 Å². The first kappa shape index (κ1) is 16.9. The number of fused-ring (bicyclic) bond motifs is 2. The van der Waals surface area contributed by atoms with Gasteiger partial charge in [-0.1, -0.05) is 72.8 Å². The molecule has 1 aromatic heterocycles. The van der Waals surface area contributed by atoms with E-state index in [9.17, 15) is 14.4 Å². The van der Waals surface area contributed by atoms with E-state index in [-0.39, 0.29) is 0 Å². The molecular weight excluding hydrogens is 366 g/mol. The number of hydrogen-bond acceptors (Lipinski definition) is 3. The van der Waals surface area contributed by atoms with Gasteiger partial charge in [-0.2, -0.15) is 0 Å². The van der Waals surface area contributed by atoms with Crippen LogP contribution in [-0.2, 0) is 0 Å². The fourth-order valence-electron chi connectivity index (χ4n) is 3.71. The van der Waals surface area contributed by atoms with Crippen LogP contribution in [0.1, 0.15) is 0 Å². The first-order valence-electron chi connectivity index (χ1n) is 9.10. The highest BCUT2D eigenvalue weighted by Crippen LogP contribution is 2.21. The Bertz CT molecular complexity index is 1450. The maximum absolute atomic E-state index is 13.4. The Morgan fingerprint density at radius 1 is 0.517 bits per heavy atom. The van der Waals surface area contributed by atoms with E-state index >= 15 is 0 Å². The largest absolute Gasteiger partial charge is 0.345 e. The van der Waals surface area contributed by atoms with E-state index in [4.69, 9.17) is 0 Å². The van der Waals surface area contributed by atoms with Crippen LogP contribution in [0.5, 0.6) is 0 Å². The van der Waals surface area contributed by atoms with E-state index < -0.39 is 17.1 Å². The van der Waals surface area contributed by atoms with Crippen LogP contribution < -0.4 is 17.1 Å². The van der Waals surface area contributed by atoms with Gasteiger partial charge >= 0.3 is 17.1 Å². The molecule has 0 aliphatic rings. The van der Waals surface area contributed by atoms with Crippen LogP contribution >= 0.6 is 0 Å². The minimum absolute atomic E-state index is 0.420. The highest BCUT2D eigenvalue weighted by Gasteiger charge is 2.16. The molecule has 0 saturated heterocycles. The highest BCUT2D eigenvalue weighted by molar-refractivity contribution is 5.91. The quantitative estimate of drug-likeness (QED) is 0.511. The van der Waals surface area contributed by atoms with Gasteiger partial charge in [0, 0.05) is 10.8 Å². The minimum atomic E-state index is -0.771. The van der Waals surface area contributed by atoms with Crippen LogP contribution in [0.4, 0.5) is 0 Å². The summed E-state index contributed by atoms with van der Waals surface area (Å²) in [6.07, 6.45) is 0. The second kappa shape index (κ2) is 6.45. The van der Waals surface area contributed by atoms with Crippen LogP contribution in [0.15, 0.2) is 99.3 Å². The average Bonchev–Trinajstić information content (AvgIpc) is 2.74. The van der Waals surface area contributed by atoms with Gasteiger partial charge in [0.05, 0.1) is 11.4 Å². The Balaban J connectivity index is 1.91. The zero-order valence-electron chi connectivity index (χ0n) is 15.2. The fourth-order valence-corrected chi connectivity index (χ4v) is 3.71. The number of benzene rings is 4. The third-order valence-electron chi connectivity index (χ3n) is 5.02. The molecule has 4 aromatic carbocycles. The van der Waals surface area contributed by atoms with Crippen molar-refractivity contribution in [2.45, 2.75) is 0 Å². The maximum atomic E-state index is 13.4. The van der Waals surface area contributed by atoms with Crippen molar-refractivity contribution in [2.24, 2.45) is 0 Å². The lowest BCUT2D eigenvalue weighted by Gasteiger charge is -2.12. The normalized spacial score (nSPS) is 11.2. The number of nitrogens with zero attached hydrogens (tertiary/aromatic N) is 2. The predicted molar refractivity (Wildman–Crippen MR) is 113 cm³/mol. The van der Waals surface area contributed by atoms with Gasteiger partial charge in [0.25, 0.3) is 0 Å². The molecule has 0 atom stereocenters. The Kier molecular flexibility index (Phi) is 3.77. The van der Waals surface area contributed by atoms with Crippen molar-refractivity contribution in [2.75, 3.05) is 0 Å². The zero-order valence-corrected chi connectivity index (χ0v) is 15.2. The number of aromatic amines is 1. The van der Waals surface area contributed by atoms with Gasteiger partial charge in [0.15, 0.2) is 0 Å². The van der Waals surface area contributed by atoms with Crippen LogP contribution in [0.25, 0.3) is 32.9 Å². The van der Waals surface area contributed by atoms with E-state index in [1.54, 1.807) is 24.3 Å². The monoisotopic (exact) mass is 381 g/mol. The SMILES string of the molecule is O=c1[nH]c(=O)n(-c2cccc3ccccc23)c(=O)n1-c1cccc2ccccc12. The van der Waals surface area contributed by atoms with Gasteiger partial charge in [-0.15, -0.1) is 0 Å². The Labute approximate surface area is 163 Å². The van der Waals surface area contributed by atoms with Crippen LogP contribution in [-0.4, -0.2) is 14.1 Å². The Hall–Kier alpha value is -4.19. The van der Waals surface area contributed by atoms with Gasteiger partial charge in [-0.3, -0.25) is 4.98 Å². The third-order valence-corrected chi connectivity index (χ3v) is 5.02. The molecule has 140 valence electrons.